The highest BCUT2D eigenvalue weighted by molar-refractivity contribution is 9.10. The molecule has 132 valence electrons. The molecular weight excluding hydrogens is 380 g/mol. The first-order chi connectivity index (χ1) is 12.0. The Labute approximate surface area is 157 Å². The lowest BCUT2D eigenvalue weighted by molar-refractivity contribution is -0.116. The van der Waals surface area contributed by atoms with E-state index in [0.717, 1.165) is 10.0 Å². The molecule has 0 aromatic heterocycles. The third-order valence-corrected chi connectivity index (χ3v) is 4.47. The fourth-order valence-corrected chi connectivity index (χ4v) is 3.04. The van der Waals surface area contributed by atoms with Gasteiger partial charge < -0.3 is 10.2 Å². The lowest BCUT2D eigenvalue weighted by Gasteiger charge is -2.19. The summed E-state index contributed by atoms with van der Waals surface area (Å²) in [7, 11) is 0. The third kappa shape index (κ3) is 5.71. The molecule has 2 aromatic rings. The van der Waals surface area contributed by atoms with Crippen molar-refractivity contribution in [3.05, 3.63) is 64.1 Å². The van der Waals surface area contributed by atoms with Crippen molar-refractivity contribution in [2.75, 3.05) is 18.4 Å². The first kappa shape index (κ1) is 19.2. The number of anilines is 1. The SMILES string of the molecule is CCN(CC)C(=O)c1cccc(NC(=O)CCc2cccc(Br)c2)c1. The summed E-state index contributed by atoms with van der Waals surface area (Å²) in [6, 6.07) is 15.0. The van der Waals surface area contributed by atoms with E-state index in [1.807, 2.05) is 38.1 Å². The van der Waals surface area contributed by atoms with Crippen LogP contribution >= 0.6 is 15.9 Å². The zero-order valence-corrected chi connectivity index (χ0v) is 16.2. The number of amides is 2. The lowest BCUT2D eigenvalue weighted by Crippen LogP contribution is -2.30. The average Bonchev–Trinajstić information content (AvgIpc) is 2.61. The van der Waals surface area contributed by atoms with E-state index in [4.69, 9.17) is 0 Å². The highest BCUT2D eigenvalue weighted by atomic mass is 79.9. The predicted molar refractivity (Wildman–Crippen MR) is 105 cm³/mol. The number of carbonyl (C=O) groups is 2. The quantitative estimate of drug-likeness (QED) is 0.740. The zero-order chi connectivity index (χ0) is 18.2. The van der Waals surface area contributed by atoms with Crippen LogP contribution in [0, 0.1) is 0 Å². The molecule has 0 unspecified atom stereocenters. The maximum atomic E-state index is 12.4. The second kappa shape index (κ2) is 9.37. The third-order valence-electron chi connectivity index (χ3n) is 3.97. The van der Waals surface area contributed by atoms with Gasteiger partial charge >= 0.3 is 0 Å². The topological polar surface area (TPSA) is 49.4 Å². The minimum Gasteiger partial charge on any atom is -0.339 e. The fraction of sp³-hybridized carbons (Fsp3) is 0.300. The second-order valence-electron chi connectivity index (χ2n) is 5.74. The molecular formula is C20H23BrN2O2. The number of carbonyl (C=O) groups excluding carboxylic acids is 2. The first-order valence-corrected chi connectivity index (χ1v) is 9.26. The number of aryl methyl sites for hydroxylation is 1. The number of benzene rings is 2. The van der Waals surface area contributed by atoms with E-state index >= 15 is 0 Å². The van der Waals surface area contributed by atoms with Crippen molar-refractivity contribution in [2.45, 2.75) is 26.7 Å². The Morgan fingerprint density at radius 2 is 1.76 bits per heavy atom. The summed E-state index contributed by atoms with van der Waals surface area (Å²) in [5.74, 6) is -0.0809. The molecule has 2 amide bonds. The summed E-state index contributed by atoms with van der Waals surface area (Å²) in [5, 5.41) is 2.88. The van der Waals surface area contributed by atoms with E-state index in [1.54, 1.807) is 29.2 Å². The van der Waals surface area contributed by atoms with Gasteiger partial charge in [0, 0.05) is 35.2 Å². The molecule has 0 spiro atoms. The van der Waals surface area contributed by atoms with Crippen LogP contribution in [0.25, 0.3) is 0 Å². The Hall–Kier alpha value is -2.14. The molecule has 0 heterocycles. The van der Waals surface area contributed by atoms with E-state index in [1.165, 1.54) is 0 Å². The highest BCUT2D eigenvalue weighted by Crippen LogP contribution is 2.15. The standard InChI is InChI=1S/C20H23BrN2O2/c1-3-23(4-2)20(25)16-8-6-10-18(14-16)22-19(24)12-11-15-7-5-9-17(21)13-15/h5-10,13-14H,3-4,11-12H2,1-2H3,(H,22,24). The smallest absolute Gasteiger partial charge is 0.253 e. The normalized spacial score (nSPS) is 10.4. The van der Waals surface area contributed by atoms with Crippen molar-refractivity contribution >= 4 is 33.4 Å². The van der Waals surface area contributed by atoms with E-state index in [0.29, 0.717) is 37.2 Å². The van der Waals surface area contributed by atoms with Gasteiger partial charge in [0.2, 0.25) is 5.91 Å². The second-order valence-corrected chi connectivity index (χ2v) is 6.65. The van der Waals surface area contributed by atoms with Crippen LogP contribution in [0.4, 0.5) is 5.69 Å². The minimum atomic E-state index is -0.0626. The molecule has 5 heteroatoms. The molecule has 0 aliphatic carbocycles. The molecule has 0 radical (unpaired) electrons. The van der Waals surface area contributed by atoms with Gasteiger partial charge in [-0.25, -0.2) is 0 Å². The summed E-state index contributed by atoms with van der Waals surface area (Å²) in [6.45, 7) is 5.24. The number of nitrogens with zero attached hydrogens (tertiary/aromatic N) is 1. The maximum Gasteiger partial charge on any atom is 0.253 e. The lowest BCUT2D eigenvalue weighted by atomic mass is 10.1. The molecule has 0 bridgehead atoms. The van der Waals surface area contributed by atoms with Crippen LogP contribution in [0.3, 0.4) is 0 Å². The van der Waals surface area contributed by atoms with Gasteiger partial charge in [-0.05, 0) is 56.2 Å². The summed E-state index contributed by atoms with van der Waals surface area (Å²) in [5.41, 5.74) is 2.35. The number of rotatable bonds is 7. The van der Waals surface area contributed by atoms with Crippen molar-refractivity contribution in [3.63, 3.8) is 0 Å². The minimum absolute atomic E-state index is 0.0183. The monoisotopic (exact) mass is 402 g/mol. The predicted octanol–water partition coefficient (Wildman–Crippen LogP) is 4.50. The van der Waals surface area contributed by atoms with Gasteiger partial charge in [-0.1, -0.05) is 34.1 Å². The molecule has 1 N–H and O–H groups in total. The molecule has 0 saturated carbocycles. The fourth-order valence-electron chi connectivity index (χ4n) is 2.60. The maximum absolute atomic E-state index is 12.4. The van der Waals surface area contributed by atoms with Crippen LogP contribution in [-0.2, 0) is 11.2 Å². The largest absolute Gasteiger partial charge is 0.339 e. The summed E-state index contributed by atoms with van der Waals surface area (Å²) >= 11 is 3.43. The van der Waals surface area contributed by atoms with Gasteiger partial charge in [-0.3, -0.25) is 9.59 Å². The zero-order valence-electron chi connectivity index (χ0n) is 14.6. The summed E-state index contributed by atoms with van der Waals surface area (Å²) in [4.78, 5) is 26.3. The summed E-state index contributed by atoms with van der Waals surface area (Å²) < 4.78 is 1.01. The van der Waals surface area contributed by atoms with Crippen LogP contribution in [0.5, 0.6) is 0 Å². The molecule has 0 atom stereocenters. The van der Waals surface area contributed by atoms with Crippen LogP contribution < -0.4 is 5.32 Å². The van der Waals surface area contributed by atoms with Crippen molar-refractivity contribution in [3.8, 4) is 0 Å². The Balaban J connectivity index is 1.97. The van der Waals surface area contributed by atoms with Crippen molar-refractivity contribution in [1.29, 1.82) is 0 Å². The Morgan fingerprint density at radius 3 is 2.44 bits per heavy atom. The van der Waals surface area contributed by atoms with Gasteiger partial charge in [-0.2, -0.15) is 0 Å². The van der Waals surface area contributed by atoms with Crippen LogP contribution in [0.2, 0.25) is 0 Å². The molecule has 2 aromatic carbocycles. The number of hydrogen-bond donors (Lipinski definition) is 1. The molecule has 25 heavy (non-hydrogen) atoms. The van der Waals surface area contributed by atoms with E-state index in [2.05, 4.69) is 21.2 Å². The molecule has 0 fully saturated rings. The molecule has 0 aliphatic rings. The average molecular weight is 403 g/mol. The first-order valence-electron chi connectivity index (χ1n) is 8.47. The number of nitrogens with one attached hydrogen (secondary N) is 1. The van der Waals surface area contributed by atoms with Gasteiger partial charge in [0.1, 0.15) is 0 Å². The van der Waals surface area contributed by atoms with Crippen LogP contribution in [0.15, 0.2) is 53.0 Å². The highest BCUT2D eigenvalue weighted by Gasteiger charge is 2.13. The van der Waals surface area contributed by atoms with Crippen molar-refractivity contribution in [2.24, 2.45) is 0 Å². The van der Waals surface area contributed by atoms with Crippen molar-refractivity contribution < 1.29 is 9.59 Å². The Bertz CT molecular complexity index is 742. The van der Waals surface area contributed by atoms with Gasteiger partial charge in [0.15, 0.2) is 0 Å². The van der Waals surface area contributed by atoms with Gasteiger partial charge in [-0.15, -0.1) is 0 Å². The Kier molecular flexibility index (Phi) is 7.19. The molecule has 4 nitrogen and oxygen atoms in total. The van der Waals surface area contributed by atoms with E-state index < -0.39 is 0 Å². The van der Waals surface area contributed by atoms with Crippen LogP contribution in [-0.4, -0.2) is 29.8 Å². The van der Waals surface area contributed by atoms with Gasteiger partial charge in [0.05, 0.1) is 0 Å². The Morgan fingerprint density at radius 1 is 1.04 bits per heavy atom. The van der Waals surface area contributed by atoms with Crippen LogP contribution in [0.1, 0.15) is 36.2 Å². The molecule has 0 aliphatic heterocycles. The van der Waals surface area contributed by atoms with Crippen molar-refractivity contribution in [1.82, 2.24) is 4.90 Å². The number of halogens is 1. The van der Waals surface area contributed by atoms with Gasteiger partial charge in [0.25, 0.3) is 5.91 Å². The van der Waals surface area contributed by atoms with E-state index in [-0.39, 0.29) is 11.8 Å². The van der Waals surface area contributed by atoms with E-state index in [9.17, 15) is 9.59 Å². The molecule has 0 saturated heterocycles. The number of hydrogen-bond acceptors (Lipinski definition) is 2. The molecule has 2 rings (SSSR count). The summed E-state index contributed by atoms with van der Waals surface area (Å²) in [6.07, 6.45) is 1.06.